The van der Waals surface area contributed by atoms with E-state index in [9.17, 15) is 9.59 Å². The zero-order chi connectivity index (χ0) is 21.6. The molecule has 0 aliphatic carbocycles. The summed E-state index contributed by atoms with van der Waals surface area (Å²) in [5, 5.41) is 4.36. The lowest BCUT2D eigenvalue weighted by Gasteiger charge is -2.18. The standard InChI is InChI=1S/C25H21ClN2O3/c26-20-12-10-18(11-13-20)24(29)28-23(25(30)31-16-17-6-2-1-3-7-17)14-19-15-27-22-9-5-4-8-21(19)22/h1-13,15,23,27H,14,16H2,(H,28,29). The number of aromatic nitrogens is 1. The molecule has 4 rings (SSSR count). The van der Waals surface area contributed by atoms with Gasteiger partial charge in [-0.05, 0) is 41.5 Å². The normalized spacial score (nSPS) is 11.8. The van der Waals surface area contributed by atoms with Gasteiger partial charge in [-0.1, -0.05) is 60.1 Å². The summed E-state index contributed by atoms with van der Waals surface area (Å²) in [6.07, 6.45) is 2.16. The highest BCUT2D eigenvalue weighted by atomic mass is 35.5. The number of hydrogen-bond donors (Lipinski definition) is 2. The zero-order valence-corrected chi connectivity index (χ0v) is 17.4. The van der Waals surface area contributed by atoms with Crippen LogP contribution in [0.4, 0.5) is 0 Å². The van der Waals surface area contributed by atoms with Gasteiger partial charge in [-0.25, -0.2) is 4.79 Å². The van der Waals surface area contributed by atoms with Gasteiger partial charge in [0.1, 0.15) is 12.6 Å². The molecular weight excluding hydrogens is 412 g/mol. The first-order valence-corrected chi connectivity index (χ1v) is 10.3. The molecule has 0 saturated heterocycles. The van der Waals surface area contributed by atoms with E-state index >= 15 is 0 Å². The van der Waals surface area contributed by atoms with Crippen LogP contribution in [0, 0.1) is 0 Å². The van der Waals surface area contributed by atoms with Crippen LogP contribution in [0.5, 0.6) is 0 Å². The predicted octanol–water partition coefficient (Wildman–Crippen LogP) is 4.91. The number of amides is 1. The summed E-state index contributed by atoms with van der Waals surface area (Å²) in [6.45, 7) is 0.140. The molecule has 1 amide bonds. The maximum atomic E-state index is 12.9. The Morgan fingerprint density at radius 1 is 0.935 bits per heavy atom. The summed E-state index contributed by atoms with van der Waals surface area (Å²) in [6, 6.07) is 22.9. The topological polar surface area (TPSA) is 71.2 Å². The molecule has 4 aromatic rings. The Balaban J connectivity index is 1.54. The molecule has 1 atom stereocenters. The van der Waals surface area contributed by atoms with Crippen LogP contribution in [0.25, 0.3) is 10.9 Å². The molecule has 5 nitrogen and oxygen atoms in total. The highest BCUT2D eigenvalue weighted by Crippen LogP contribution is 2.20. The van der Waals surface area contributed by atoms with Gasteiger partial charge in [0.25, 0.3) is 5.91 Å². The number of halogens is 1. The minimum absolute atomic E-state index is 0.140. The number of H-pyrrole nitrogens is 1. The largest absolute Gasteiger partial charge is 0.459 e. The van der Waals surface area contributed by atoms with E-state index < -0.39 is 12.0 Å². The van der Waals surface area contributed by atoms with Crippen molar-refractivity contribution in [3.8, 4) is 0 Å². The van der Waals surface area contributed by atoms with Crippen LogP contribution in [-0.4, -0.2) is 22.9 Å². The lowest BCUT2D eigenvalue weighted by atomic mass is 10.0. The summed E-state index contributed by atoms with van der Waals surface area (Å²) in [5.74, 6) is -0.852. The van der Waals surface area contributed by atoms with Crippen molar-refractivity contribution in [2.75, 3.05) is 0 Å². The van der Waals surface area contributed by atoms with Crippen LogP contribution >= 0.6 is 11.6 Å². The number of fused-ring (bicyclic) bond motifs is 1. The van der Waals surface area contributed by atoms with Crippen molar-refractivity contribution in [1.82, 2.24) is 10.3 Å². The molecule has 0 bridgehead atoms. The van der Waals surface area contributed by atoms with Crippen LogP contribution in [0.15, 0.2) is 85.1 Å². The van der Waals surface area contributed by atoms with Gasteiger partial charge in [-0.3, -0.25) is 4.79 Å². The van der Waals surface area contributed by atoms with Crippen LogP contribution < -0.4 is 5.32 Å². The van der Waals surface area contributed by atoms with Crippen LogP contribution in [0.2, 0.25) is 5.02 Å². The number of nitrogens with one attached hydrogen (secondary N) is 2. The van der Waals surface area contributed by atoms with E-state index in [-0.39, 0.29) is 12.5 Å². The van der Waals surface area contributed by atoms with E-state index in [1.807, 2.05) is 60.8 Å². The molecule has 0 spiro atoms. The Hall–Kier alpha value is -3.57. The molecule has 1 heterocycles. The maximum absolute atomic E-state index is 12.9. The van der Waals surface area contributed by atoms with E-state index in [0.717, 1.165) is 22.0 Å². The number of ether oxygens (including phenoxy) is 1. The van der Waals surface area contributed by atoms with Crippen molar-refractivity contribution < 1.29 is 14.3 Å². The number of para-hydroxylation sites is 1. The quantitative estimate of drug-likeness (QED) is 0.408. The van der Waals surface area contributed by atoms with Crippen molar-refractivity contribution in [2.24, 2.45) is 0 Å². The van der Waals surface area contributed by atoms with Gasteiger partial charge in [-0.2, -0.15) is 0 Å². The van der Waals surface area contributed by atoms with Gasteiger partial charge >= 0.3 is 5.97 Å². The van der Waals surface area contributed by atoms with Crippen molar-refractivity contribution >= 4 is 34.4 Å². The van der Waals surface area contributed by atoms with E-state index in [4.69, 9.17) is 16.3 Å². The average molecular weight is 433 g/mol. The smallest absolute Gasteiger partial charge is 0.329 e. The van der Waals surface area contributed by atoms with E-state index in [1.165, 1.54) is 0 Å². The summed E-state index contributed by atoms with van der Waals surface area (Å²) >= 11 is 5.91. The number of aromatic amines is 1. The summed E-state index contributed by atoms with van der Waals surface area (Å²) in [5.41, 5.74) is 3.20. The molecule has 0 fully saturated rings. The highest BCUT2D eigenvalue weighted by Gasteiger charge is 2.24. The molecule has 156 valence electrons. The second kappa shape index (κ2) is 9.49. The number of rotatable bonds is 7. The van der Waals surface area contributed by atoms with Crippen LogP contribution in [-0.2, 0) is 22.6 Å². The molecule has 3 aromatic carbocycles. The van der Waals surface area contributed by atoms with Crippen molar-refractivity contribution in [1.29, 1.82) is 0 Å². The Morgan fingerprint density at radius 2 is 1.65 bits per heavy atom. The SMILES string of the molecule is O=C(NC(Cc1c[nH]c2ccccc12)C(=O)OCc1ccccc1)c1ccc(Cl)cc1. The summed E-state index contributed by atoms with van der Waals surface area (Å²) < 4.78 is 5.52. The molecule has 31 heavy (non-hydrogen) atoms. The zero-order valence-electron chi connectivity index (χ0n) is 16.7. The van der Waals surface area contributed by atoms with Crippen molar-refractivity contribution in [3.63, 3.8) is 0 Å². The fraction of sp³-hybridized carbons (Fsp3) is 0.120. The molecule has 0 radical (unpaired) electrons. The third-order valence-electron chi connectivity index (χ3n) is 5.02. The Bertz CT molecular complexity index is 1190. The second-order valence-corrected chi connectivity index (χ2v) is 7.63. The van der Waals surface area contributed by atoms with Crippen LogP contribution in [0.3, 0.4) is 0 Å². The second-order valence-electron chi connectivity index (χ2n) is 7.19. The third-order valence-corrected chi connectivity index (χ3v) is 5.27. The molecule has 6 heteroatoms. The fourth-order valence-corrected chi connectivity index (χ4v) is 3.51. The number of esters is 1. The number of carbonyl (C=O) groups is 2. The molecule has 0 saturated carbocycles. The molecule has 0 aliphatic rings. The maximum Gasteiger partial charge on any atom is 0.329 e. The average Bonchev–Trinajstić information content (AvgIpc) is 3.21. The number of benzene rings is 3. The summed E-state index contributed by atoms with van der Waals surface area (Å²) in [4.78, 5) is 28.9. The Morgan fingerprint density at radius 3 is 2.42 bits per heavy atom. The van der Waals surface area contributed by atoms with Gasteiger partial charge < -0.3 is 15.0 Å². The van der Waals surface area contributed by atoms with Gasteiger partial charge in [0, 0.05) is 34.1 Å². The lowest BCUT2D eigenvalue weighted by Crippen LogP contribution is -2.43. The predicted molar refractivity (Wildman–Crippen MR) is 121 cm³/mol. The van der Waals surface area contributed by atoms with Gasteiger partial charge in [0.15, 0.2) is 0 Å². The van der Waals surface area contributed by atoms with E-state index in [0.29, 0.717) is 17.0 Å². The van der Waals surface area contributed by atoms with E-state index in [1.54, 1.807) is 24.3 Å². The first-order valence-electron chi connectivity index (χ1n) is 9.92. The van der Waals surface area contributed by atoms with Gasteiger partial charge in [0.2, 0.25) is 0 Å². The highest BCUT2D eigenvalue weighted by molar-refractivity contribution is 6.30. The van der Waals surface area contributed by atoms with Crippen molar-refractivity contribution in [2.45, 2.75) is 19.1 Å². The fourth-order valence-electron chi connectivity index (χ4n) is 3.39. The molecule has 0 aliphatic heterocycles. The first-order chi connectivity index (χ1) is 15.1. The van der Waals surface area contributed by atoms with Gasteiger partial charge in [-0.15, -0.1) is 0 Å². The molecule has 1 aromatic heterocycles. The lowest BCUT2D eigenvalue weighted by molar-refractivity contribution is -0.147. The molecular formula is C25H21ClN2O3. The third kappa shape index (κ3) is 5.13. The Labute approximate surface area is 185 Å². The van der Waals surface area contributed by atoms with Crippen LogP contribution in [0.1, 0.15) is 21.5 Å². The Kier molecular flexibility index (Phi) is 6.34. The molecule has 2 N–H and O–H groups in total. The minimum Gasteiger partial charge on any atom is -0.459 e. The minimum atomic E-state index is -0.842. The number of carbonyl (C=O) groups excluding carboxylic acids is 2. The van der Waals surface area contributed by atoms with Crippen molar-refractivity contribution in [3.05, 3.63) is 107 Å². The first kappa shape index (κ1) is 20.7. The number of hydrogen-bond acceptors (Lipinski definition) is 3. The van der Waals surface area contributed by atoms with Gasteiger partial charge in [0.05, 0.1) is 0 Å². The molecule has 1 unspecified atom stereocenters. The summed E-state index contributed by atoms with van der Waals surface area (Å²) in [7, 11) is 0. The monoisotopic (exact) mass is 432 g/mol. The van der Waals surface area contributed by atoms with E-state index in [2.05, 4.69) is 10.3 Å².